The predicted octanol–water partition coefficient (Wildman–Crippen LogP) is 2.44. The zero-order valence-corrected chi connectivity index (χ0v) is 11.6. The van der Waals surface area contributed by atoms with Crippen LogP contribution < -0.4 is 15.8 Å². The number of anilines is 1. The van der Waals surface area contributed by atoms with Crippen molar-refractivity contribution in [3.8, 4) is 5.75 Å². The number of methoxy groups -OCH3 is 1. The van der Waals surface area contributed by atoms with Gasteiger partial charge < -0.3 is 15.8 Å². The maximum atomic E-state index is 12.2. The highest BCUT2D eigenvalue weighted by molar-refractivity contribution is 5.99. The SMILES string of the molecule is COc1ccc(N)c(C(=O)NCC2CCCC2C)c1. The fourth-order valence-electron chi connectivity index (χ4n) is 2.70. The van der Waals surface area contributed by atoms with Crippen molar-refractivity contribution >= 4 is 11.6 Å². The molecule has 104 valence electrons. The van der Waals surface area contributed by atoms with Crippen LogP contribution in [0.3, 0.4) is 0 Å². The maximum Gasteiger partial charge on any atom is 0.253 e. The highest BCUT2D eigenvalue weighted by Crippen LogP contribution is 2.30. The van der Waals surface area contributed by atoms with E-state index in [4.69, 9.17) is 10.5 Å². The number of amides is 1. The van der Waals surface area contributed by atoms with E-state index in [1.807, 2.05) is 0 Å². The van der Waals surface area contributed by atoms with Crippen molar-refractivity contribution in [1.29, 1.82) is 0 Å². The number of nitrogens with two attached hydrogens (primary N) is 1. The van der Waals surface area contributed by atoms with Gasteiger partial charge in [-0.05, 0) is 36.5 Å². The summed E-state index contributed by atoms with van der Waals surface area (Å²) < 4.78 is 5.12. The van der Waals surface area contributed by atoms with Crippen LogP contribution in [0.1, 0.15) is 36.5 Å². The first-order chi connectivity index (χ1) is 9.11. The molecule has 1 aliphatic carbocycles. The van der Waals surface area contributed by atoms with Crippen LogP contribution in [0.4, 0.5) is 5.69 Å². The number of rotatable bonds is 4. The predicted molar refractivity (Wildman–Crippen MR) is 76.2 cm³/mol. The van der Waals surface area contributed by atoms with Crippen LogP contribution in [-0.4, -0.2) is 19.6 Å². The largest absolute Gasteiger partial charge is 0.497 e. The highest BCUT2D eigenvalue weighted by Gasteiger charge is 2.24. The fourth-order valence-corrected chi connectivity index (χ4v) is 2.70. The number of carbonyl (C=O) groups is 1. The standard InChI is InChI=1S/C15H22N2O2/c1-10-4-3-5-11(10)9-17-15(18)13-8-12(19-2)6-7-14(13)16/h6-8,10-11H,3-5,9,16H2,1-2H3,(H,17,18). The molecule has 0 radical (unpaired) electrons. The van der Waals surface area contributed by atoms with Crippen molar-refractivity contribution in [2.45, 2.75) is 26.2 Å². The lowest BCUT2D eigenvalue weighted by atomic mass is 9.98. The molecule has 0 heterocycles. The number of hydrogen-bond acceptors (Lipinski definition) is 3. The van der Waals surface area contributed by atoms with E-state index in [0.29, 0.717) is 28.8 Å². The molecule has 0 aromatic heterocycles. The van der Waals surface area contributed by atoms with E-state index >= 15 is 0 Å². The van der Waals surface area contributed by atoms with Crippen molar-refractivity contribution in [3.05, 3.63) is 23.8 Å². The van der Waals surface area contributed by atoms with Gasteiger partial charge in [-0.1, -0.05) is 19.8 Å². The molecule has 1 aromatic carbocycles. The minimum absolute atomic E-state index is 0.115. The van der Waals surface area contributed by atoms with Crippen molar-refractivity contribution in [3.63, 3.8) is 0 Å². The van der Waals surface area contributed by atoms with Gasteiger partial charge >= 0.3 is 0 Å². The molecule has 0 spiro atoms. The van der Waals surface area contributed by atoms with Crippen molar-refractivity contribution in [2.24, 2.45) is 11.8 Å². The summed E-state index contributed by atoms with van der Waals surface area (Å²) in [6.45, 7) is 2.99. The van der Waals surface area contributed by atoms with Gasteiger partial charge in [0.05, 0.1) is 12.7 Å². The number of hydrogen-bond donors (Lipinski definition) is 2. The van der Waals surface area contributed by atoms with Gasteiger partial charge in [-0.3, -0.25) is 4.79 Å². The van der Waals surface area contributed by atoms with Crippen LogP contribution in [-0.2, 0) is 0 Å². The fraction of sp³-hybridized carbons (Fsp3) is 0.533. The van der Waals surface area contributed by atoms with E-state index in [1.165, 1.54) is 19.3 Å². The lowest BCUT2D eigenvalue weighted by Gasteiger charge is -2.16. The van der Waals surface area contributed by atoms with Gasteiger partial charge in [0, 0.05) is 12.2 Å². The summed E-state index contributed by atoms with van der Waals surface area (Å²) in [5.74, 6) is 1.82. The minimum atomic E-state index is -0.115. The Morgan fingerprint density at radius 3 is 2.89 bits per heavy atom. The van der Waals surface area contributed by atoms with Gasteiger partial charge in [-0.25, -0.2) is 0 Å². The Bertz CT molecular complexity index is 459. The van der Waals surface area contributed by atoms with Crippen LogP contribution in [0.5, 0.6) is 5.75 Å². The van der Waals surface area contributed by atoms with E-state index < -0.39 is 0 Å². The lowest BCUT2D eigenvalue weighted by Crippen LogP contribution is -2.30. The van der Waals surface area contributed by atoms with Crippen LogP contribution in [0, 0.1) is 11.8 Å². The third-order valence-corrected chi connectivity index (χ3v) is 4.07. The first kappa shape index (κ1) is 13.7. The molecule has 0 saturated heterocycles. The molecular weight excluding hydrogens is 240 g/mol. The first-order valence-corrected chi connectivity index (χ1v) is 6.83. The highest BCUT2D eigenvalue weighted by atomic mass is 16.5. The molecule has 2 unspecified atom stereocenters. The molecule has 1 amide bonds. The summed E-state index contributed by atoms with van der Waals surface area (Å²) in [5.41, 5.74) is 6.81. The maximum absolute atomic E-state index is 12.2. The van der Waals surface area contributed by atoms with Crippen LogP contribution >= 0.6 is 0 Å². The normalized spacial score (nSPS) is 22.2. The third-order valence-electron chi connectivity index (χ3n) is 4.07. The van der Waals surface area contributed by atoms with Gasteiger partial charge in [0.25, 0.3) is 5.91 Å². The lowest BCUT2D eigenvalue weighted by molar-refractivity contribution is 0.0945. The first-order valence-electron chi connectivity index (χ1n) is 6.83. The zero-order valence-electron chi connectivity index (χ0n) is 11.6. The zero-order chi connectivity index (χ0) is 13.8. The molecule has 4 heteroatoms. The van der Waals surface area contributed by atoms with Gasteiger partial charge in [0.1, 0.15) is 5.75 Å². The molecule has 0 aliphatic heterocycles. The smallest absolute Gasteiger partial charge is 0.253 e. The Morgan fingerprint density at radius 2 is 2.26 bits per heavy atom. The second kappa shape index (κ2) is 5.95. The van der Waals surface area contributed by atoms with Crippen molar-refractivity contribution < 1.29 is 9.53 Å². The van der Waals surface area contributed by atoms with Crippen molar-refractivity contribution in [1.82, 2.24) is 5.32 Å². The Morgan fingerprint density at radius 1 is 1.47 bits per heavy atom. The van der Waals surface area contributed by atoms with Crippen LogP contribution in [0.2, 0.25) is 0 Å². The van der Waals surface area contributed by atoms with E-state index in [1.54, 1.807) is 25.3 Å². The number of benzene rings is 1. The number of ether oxygens (including phenoxy) is 1. The molecule has 3 N–H and O–H groups in total. The Balaban J connectivity index is 1.99. The monoisotopic (exact) mass is 262 g/mol. The van der Waals surface area contributed by atoms with Gasteiger partial charge in [0.2, 0.25) is 0 Å². The molecule has 2 atom stereocenters. The molecule has 1 aliphatic rings. The van der Waals surface area contributed by atoms with Crippen LogP contribution in [0.15, 0.2) is 18.2 Å². The Kier molecular flexibility index (Phi) is 4.30. The summed E-state index contributed by atoms with van der Waals surface area (Å²) in [5, 5.41) is 2.99. The van der Waals surface area contributed by atoms with Crippen molar-refractivity contribution in [2.75, 3.05) is 19.4 Å². The number of nitrogens with one attached hydrogen (secondary N) is 1. The molecule has 2 rings (SSSR count). The second-order valence-corrected chi connectivity index (χ2v) is 5.33. The average Bonchev–Trinajstić information content (AvgIpc) is 2.82. The van der Waals surface area contributed by atoms with E-state index in [0.717, 1.165) is 6.54 Å². The van der Waals surface area contributed by atoms with Gasteiger partial charge in [0.15, 0.2) is 0 Å². The topological polar surface area (TPSA) is 64.3 Å². The molecule has 1 aromatic rings. The number of nitrogen functional groups attached to an aromatic ring is 1. The summed E-state index contributed by atoms with van der Waals surface area (Å²) in [6, 6.07) is 5.14. The number of carbonyl (C=O) groups excluding carboxylic acids is 1. The summed E-state index contributed by atoms with van der Waals surface area (Å²) >= 11 is 0. The summed E-state index contributed by atoms with van der Waals surface area (Å²) in [4.78, 5) is 12.2. The Hall–Kier alpha value is -1.71. The quantitative estimate of drug-likeness (QED) is 0.819. The average molecular weight is 262 g/mol. The molecular formula is C15H22N2O2. The van der Waals surface area contributed by atoms with Gasteiger partial charge in [-0.15, -0.1) is 0 Å². The van der Waals surface area contributed by atoms with E-state index in [-0.39, 0.29) is 5.91 Å². The summed E-state index contributed by atoms with van der Waals surface area (Å²) in [6.07, 6.45) is 3.74. The van der Waals surface area contributed by atoms with Gasteiger partial charge in [-0.2, -0.15) is 0 Å². The molecule has 4 nitrogen and oxygen atoms in total. The minimum Gasteiger partial charge on any atom is -0.497 e. The molecule has 19 heavy (non-hydrogen) atoms. The van der Waals surface area contributed by atoms with E-state index in [9.17, 15) is 4.79 Å². The second-order valence-electron chi connectivity index (χ2n) is 5.33. The molecule has 0 bridgehead atoms. The van der Waals surface area contributed by atoms with Crippen LogP contribution in [0.25, 0.3) is 0 Å². The molecule has 1 fully saturated rings. The summed E-state index contributed by atoms with van der Waals surface area (Å²) in [7, 11) is 1.58. The third kappa shape index (κ3) is 3.19. The molecule has 1 saturated carbocycles. The van der Waals surface area contributed by atoms with E-state index in [2.05, 4.69) is 12.2 Å². The Labute approximate surface area is 114 Å².